The monoisotopic (exact) mass is 326 g/mol. The lowest BCUT2D eigenvalue weighted by atomic mass is 10.1. The number of esters is 1. The van der Waals surface area contributed by atoms with Crippen molar-refractivity contribution in [1.82, 2.24) is 4.57 Å². The fraction of sp³-hybridized carbons (Fsp3) is 0.368. The maximum atomic E-state index is 12.5. The molecule has 0 aliphatic heterocycles. The molecule has 0 spiro atoms. The number of carbonyl (C=O) groups is 2. The smallest absolute Gasteiger partial charge is 0.337 e. The summed E-state index contributed by atoms with van der Waals surface area (Å²) in [5.41, 5.74) is 4.29. The van der Waals surface area contributed by atoms with Gasteiger partial charge in [0, 0.05) is 28.7 Å². The van der Waals surface area contributed by atoms with Crippen LogP contribution >= 0.6 is 0 Å². The Bertz CT molecular complexity index is 771. The van der Waals surface area contributed by atoms with E-state index in [1.54, 1.807) is 24.3 Å². The minimum absolute atomic E-state index is 0.0760. The summed E-state index contributed by atoms with van der Waals surface area (Å²) in [5.74, 6) is -0.294. The maximum absolute atomic E-state index is 12.5. The van der Waals surface area contributed by atoms with E-state index >= 15 is 0 Å². The number of aryl methyl sites for hydroxylation is 1. The Morgan fingerprint density at radius 2 is 1.88 bits per heavy atom. The number of rotatable bonds is 6. The molecule has 1 saturated carbocycles. The Labute approximate surface area is 141 Å². The third-order valence-corrected chi connectivity index (χ3v) is 4.46. The molecule has 1 aliphatic rings. The molecule has 126 valence electrons. The standard InChI is InChI=1S/C19H22N2O3/c1-12-10-17(13(2)21(12)16-8-9-16)18(22)11-20-15-6-4-14(5-7-15)19(23)24-3/h4-7,10,16,20H,8-9,11H2,1-3H3. The minimum Gasteiger partial charge on any atom is -0.465 e. The van der Waals surface area contributed by atoms with Gasteiger partial charge in [-0.05, 0) is 57.0 Å². The fourth-order valence-corrected chi connectivity index (χ4v) is 3.07. The lowest BCUT2D eigenvalue weighted by Crippen LogP contribution is -2.15. The molecule has 2 aromatic rings. The quantitative estimate of drug-likeness (QED) is 0.652. The highest BCUT2D eigenvalue weighted by atomic mass is 16.5. The minimum atomic E-state index is -0.370. The van der Waals surface area contributed by atoms with Crippen LogP contribution in [0.15, 0.2) is 30.3 Å². The van der Waals surface area contributed by atoms with Crippen molar-refractivity contribution in [2.24, 2.45) is 0 Å². The summed E-state index contributed by atoms with van der Waals surface area (Å²) in [4.78, 5) is 23.9. The molecule has 3 rings (SSSR count). The second-order valence-corrected chi connectivity index (χ2v) is 6.23. The summed E-state index contributed by atoms with van der Waals surface area (Å²) in [6, 6.07) is 9.46. The number of hydrogen-bond donors (Lipinski definition) is 1. The number of nitrogens with one attached hydrogen (secondary N) is 1. The van der Waals surface area contributed by atoms with E-state index < -0.39 is 0 Å². The van der Waals surface area contributed by atoms with Gasteiger partial charge in [-0.2, -0.15) is 0 Å². The fourth-order valence-electron chi connectivity index (χ4n) is 3.07. The largest absolute Gasteiger partial charge is 0.465 e. The molecule has 1 aromatic carbocycles. The first-order valence-corrected chi connectivity index (χ1v) is 8.15. The van der Waals surface area contributed by atoms with E-state index in [9.17, 15) is 9.59 Å². The second-order valence-electron chi connectivity index (χ2n) is 6.23. The lowest BCUT2D eigenvalue weighted by Gasteiger charge is -2.09. The van der Waals surface area contributed by atoms with Crippen molar-refractivity contribution in [1.29, 1.82) is 0 Å². The van der Waals surface area contributed by atoms with Crippen molar-refractivity contribution in [3.8, 4) is 0 Å². The first kappa shape index (κ1) is 16.3. The number of benzene rings is 1. The van der Waals surface area contributed by atoms with Crippen LogP contribution in [-0.2, 0) is 4.74 Å². The van der Waals surface area contributed by atoms with Gasteiger partial charge in [0.25, 0.3) is 0 Å². The van der Waals surface area contributed by atoms with E-state index in [0.29, 0.717) is 11.6 Å². The molecular formula is C19H22N2O3. The third-order valence-electron chi connectivity index (χ3n) is 4.46. The van der Waals surface area contributed by atoms with E-state index in [4.69, 9.17) is 0 Å². The Kier molecular flexibility index (Phi) is 4.42. The predicted octanol–water partition coefficient (Wildman–Crippen LogP) is 3.52. The molecule has 1 heterocycles. The van der Waals surface area contributed by atoms with Crippen molar-refractivity contribution in [2.75, 3.05) is 19.0 Å². The zero-order valence-electron chi connectivity index (χ0n) is 14.3. The maximum Gasteiger partial charge on any atom is 0.337 e. The van der Waals surface area contributed by atoms with Crippen LogP contribution in [0.3, 0.4) is 0 Å². The molecule has 1 aromatic heterocycles. The van der Waals surface area contributed by atoms with Gasteiger partial charge in [-0.3, -0.25) is 4.79 Å². The molecule has 0 bridgehead atoms. The molecule has 1 aliphatic carbocycles. The molecule has 5 heteroatoms. The molecule has 24 heavy (non-hydrogen) atoms. The average molecular weight is 326 g/mol. The van der Waals surface area contributed by atoms with Gasteiger partial charge in [-0.15, -0.1) is 0 Å². The van der Waals surface area contributed by atoms with Crippen LogP contribution in [-0.4, -0.2) is 30.0 Å². The van der Waals surface area contributed by atoms with E-state index in [1.165, 1.54) is 20.0 Å². The molecule has 0 saturated heterocycles. The van der Waals surface area contributed by atoms with Crippen molar-refractivity contribution in [3.63, 3.8) is 0 Å². The number of nitrogens with zero attached hydrogens (tertiary/aromatic N) is 1. The number of methoxy groups -OCH3 is 1. The molecule has 0 unspecified atom stereocenters. The van der Waals surface area contributed by atoms with E-state index in [2.05, 4.69) is 21.5 Å². The predicted molar refractivity (Wildman–Crippen MR) is 92.8 cm³/mol. The highest BCUT2D eigenvalue weighted by Gasteiger charge is 2.28. The molecule has 1 N–H and O–H groups in total. The lowest BCUT2D eigenvalue weighted by molar-refractivity contribution is 0.0600. The van der Waals surface area contributed by atoms with E-state index in [1.807, 2.05) is 13.0 Å². The SMILES string of the molecule is COC(=O)c1ccc(NCC(=O)c2cc(C)n(C3CC3)c2C)cc1. The zero-order valence-corrected chi connectivity index (χ0v) is 14.3. The summed E-state index contributed by atoms with van der Waals surface area (Å²) < 4.78 is 6.94. The van der Waals surface area contributed by atoms with Gasteiger partial charge in [0.05, 0.1) is 19.2 Å². The molecule has 1 fully saturated rings. The Balaban J connectivity index is 1.65. The van der Waals surface area contributed by atoms with Crippen LogP contribution in [0.25, 0.3) is 0 Å². The van der Waals surface area contributed by atoms with Gasteiger partial charge >= 0.3 is 5.97 Å². The topological polar surface area (TPSA) is 60.3 Å². The van der Waals surface area contributed by atoms with Gasteiger partial charge < -0.3 is 14.6 Å². The number of carbonyl (C=O) groups excluding carboxylic acids is 2. The van der Waals surface area contributed by atoms with Crippen LogP contribution in [0, 0.1) is 13.8 Å². The van der Waals surface area contributed by atoms with E-state index in [0.717, 1.165) is 22.6 Å². The first-order chi connectivity index (χ1) is 11.5. The molecular weight excluding hydrogens is 304 g/mol. The number of Topliss-reactive ketones (excluding diaryl/α,β-unsaturated/α-hetero) is 1. The number of anilines is 1. The Morgan fingerprint density at radius 3 is 2.46 bits per heavy atom. The summed E-state index contributed by atoms with van der Waals surface area (Å²) >= 11 is 0. The normalized spacial score (nSPS) is 13.6. The van der Waals surface area contributed by atoms with Gasteiger partial charge in [0.1, 0.15) is 0 Å². The van der Waals surface area contributed by atoms with Crippen LogP contribution < -0.4 is 5.32 Å². The Hall–Kier alpha value is -2.56. The van der Waals surface area contributed by atoms with Gasteiger partial charge in [-0.1, -0.05) is 0 Å². The number of ketones is 1. The van der Waals surface area contributed by atoms with Crippen molar-refractivity contribution in [3.05, 3.63) is 52.8 Å². The first-order valence-electron chi connectivity index (χ1n) is 8.15. The molecule has 0 amide bonds. The van der Waals surface area contributed by atoms with Gasteiger partial charge in [-0.25, -0.2) is 4.79 Å². The summed E-state index contributed by atoms with van der Waals surface area (Å²) in [6.07, 6.45) is 2.41. The average Bonchev–Trinajstić information content (AvgIpc) is 3.37. The second kappa shape index (κ2) is 6.51. The van der Waals surface area contributed by atoms with Crippen LogP contribution in [0.1, 0.15) is 51.0 Å². The van der Waals surface area contributed by atoms with Crippen LogP contribution in [0.4, 0.5) is 5.69 Å². The highest BCUT2D eigenvalue weighted by Crippen LogP contribution is 2.38. The summed E-state index contributed by atoms with van der Waals surface area (Å²) in [5, 5.41) is 3.12. The van der Waals surface area contributed by atoms with Crippen LogP contribution in [0.2, 0.25) is 0 Å². The van der Waals surface area contributed by atoms with Gasteiger partial charge in [0.15, 0.2) is 5.78 Å². The zero-order chi connectivity index (χ0) is 17.3. The molecule has 5 nitrogen and oxygen atoms in total. The number of aromatic nitrogens is 1. The highest BCUT2D eigenvalue weighted by molar-refractivity contribution is 6.00. The van der Waals surface area contributed by atoms with Crippen LogP contribution in [0.5, 0.6) is 0 Å². The van der Waals surface area contributed by atoms with Gasteiger partial charge in [0.2, 0.25) is 0 Å². The molecule has 0 radical (unpaired) electrons. The summed E-state index contributed by atoms with van der Waals surface area (Å²) in [6.45, 7) is 4.30. The Morgan fingerprint density at radius 1 is 1.21 bits per heavy atom. The van der Waals surface area contributed by atoms with E-state index in [-0.39, 0.29) is 18.3 Å². The molecule has 0 atom stereocenters. The number of hydrogen-bond acceptors (Lipinski definition) is 4. The van der Waals surface area contributed by atoms with Crippen molar-refractivity contribution >= 4 is 17.4 Å². The third kappa shape index (κ3) is 3.20. The summed E-state index contributed by atoms with van der Waals surface area (Å²) in [7, 11) is 1.35. The number of ether oxygens (including phenoxy) is 1. The van der Waals surface area contributed by atoms with Crippen molar-refractivity contribution < 1.29 is 14.3 Å². The van der Waals surface area contributed by atoms with Crippen molar-refractivity contribution in [2.45, 2.75) is 32.7 Å².